The van der Waals surface area contributed by atoms with Crippen LogP contribution in [0.2, 0.25) is 0 Å². The molecule has 0 aromatic carbocycles. The first-order chi connectivity index (χ1) is 11.3. The minimum Gasteiger partial charge on any atom is -0.311 e. The molecule has 0 bridgehead atoms. The third-order valence-electron chi connectivity index (χ3n) is 4.78. The molecular weight excluding hydrogens is 322 g/mol. The highest BCUT2D eigenvalue weighted by Crippen LogP contribution is 2.44. The predicted molar refractivity (Wildman–Crippen MR) is 93.0 cm³/mol. The molecule has 0 fully saturated rings. The first-order valence-corrected chi connectivity index (χ1v) is 8.83. The van der Waals surface area contributed by atoms with Gasteiger partial charge in [-0.1, -0.05) is 26.0 Å². The number of nitrogens with one attached hydrogen (secondary N) is 1. The van der Waals surface area contributed by atoms with Crippen LogP contribution >= 0.6 is 11.3 Å². The van der Waals surface area contributed by atoms with E-state index in [-0.39, 0.29) is 11.3 Å². The van der Waals surface area contributed by atoms with Gasteiger partial charge in [0.1, 0.15) is 16.8 Å². The molecule has 0 unspecified atom stereocenters. The van der Waals surface area contributed by atoms with Crippen molar-refractivity contribution < 1.29 is 4.79 Å². The lowest BCUT2D eigenvalue weighted by Gasteiger charge is -2.33. The van der Waals surface area contributed by atoms with Gasteiger partial charge in [-0.15, -0.1) is 16.4 Å². The molecule has 1 amide bonds. The summed E-state index contributed by atoms with van der Waals surface area (Å²) < 4.78 is 1.42. The minimum atomic E-state index is -0.287. The summed E-state index contributed by atoms with van der Waals surface area (Å²) in [7, 11) is 1.67. The van der Waals surface area contributed by atoms with E-state index >= 15 is 0 Å². The van der Waals surface area contributed by atoms with E-state index in [1.54, 1.807) is 7.05 Å². The van der Waals surface area contributed by atoms with Crippen molar-refractivity contribution in [2.75, 3.05) is 5.32 Å². The van der Waals surface area contributed by atoms with E-state index in [4.69, 9.17) is 0 Å². The number of carbonyl (C=O) groups is 1. The van der Waals surface area contributed by atoms with Crippen LogP contribution < -0.4 is 5.32 Å². The van der Waals surface area contributed by atoms with Gasteiger partial charge in [-0.2, -0.15) is 5.26 Å². The number of nitriles is 1. The molecule has 1 N–H and O–H groups in total. The molecule has 3 rings (SSSR count). The molecule has 0 saturated heterocycles. The number of amides is 1. The van der Waals surface area contributed by atoms with Gasteiger partial charge in [0.2, 0.25) is 0 Å². The number of nitrogens with zero attached hydrogens (tertiary/aromatic N) is 4. The molecule has 7 heteroatoms. The fraction of sp³-hybridized carbons (Fsp3) is 0.529. The number of aromatic nitrogens is 3. The van der Waals surface area contributed by atoms with E-state index < -0.39 is 0 Å². The molecule has 0 radical (unpaired) electrons. The highest BCUT2D eigenvalue weighted by atomic mass is 32.1. The van der Waals surface area contributed by atoms with Gasteiger partial charge in [0.25, 0.3) is 5.91 Å². The van der Waals surface area contributed by atoms with E-state index in [0.29, 0.717) is 22.2 Å². The van der Waals surface area contributed by atoms with Crippen LogP contribution in [0.3, 0.4) is 0 Å². The van der Waals surface area contributed by atoms with Gasteiger partial charge in [-0.05, 0) is 36.2 Å². The monoisotopic (exact) mass is 343 g/mol. The Labute approximate surface area is 145 Å². The average Bonchev–Trinajstić information content (AvgIpc) is 3.08. The molecule has 0 aliphatic heterocycles. The third-order valence-corrected chi connectivity index (χ3v) is 5.95. The lowest BCUT2D eigenvalue weighted by molar-refractivity contribution is 0.101. The van der Waals surface area contributed by atoms with Crippen molar-refractivity contribution in [3.05, 3.63) is 27.9 Å². The number of hydrogen-bond donors (Lipinski definition) is 1. The van der Waals surface area contributed by atoms with Gasteiger partial charge >= 0.3 is 0 Å². The van der Waals surface area contributed by atoms with E-state index in [2.05, 4.69) is 42.5 Å². The van der Waals surface area contributed by atoms with Gasteiger partial charge in [0.05, 0.1) is 11.8 Å². The van der Waals surface area contributed by atoms with Crippen molar-refractivity contribution in [2.24, 2.45) is 18.4 Å². The van der Waals surface area contributed by atoms with Crippen LogP contribution in [0.15, 0.2) is 6.20 Å². The molecule has 1 atom stereocenters. The maximum atomic E-state index is 12.4. The topological polar surface area (TPSA) is 83.6 Å². The Morgan fingerprint density at radius 3 is 2.83 bits per heavy atom. The molecular formula is C17H21N5OS. The van der Waals surface area contributed by atoms with E-state index in [1.807, 2.05) is 0 Å². The summed E-state index contributed by atoms with van der Waals surface area (Å²) in [6.07, 6.45) is 4.38. The maximum absolute atomic E-state index is 12.4. The van der Waals surface area contributed by atoms with Crippen molar-refractivity contribution in [3.8, 4) is 6.07 Å². The van der Waals surface area contributed by atoms with Gasteiger partial charge in [-0.3, -0.25) is 4.79 Å². The molecule has 1 aliphatic rings. The highest BCUT2D eigenvalue weighted by Gasteiger charge is 2.32. The van der Waals surface area contributed by atoms with Crippen LogP contribution in [-0.2, 0) is 19.9 Å². The fourth-order valence-corrected chi connectivity index (χ4v) is 4.47. The normalized spacial score (nSPS) is 17.2. The molecule has 0 spiro atoms. The van der Waals surface area contributed by atoms with Crippen molar-refractivity contribution in [3.63, 3.8) is 0 Å². The Hall–Kier alpha value is -2.20. The number of anilines is 1. The molecule has 24 heavy (non-hydrogen) atoms. The fourth-order valence-electron chi connectivity index (χ4n) is 3.19. The van der Waals surface area contributed by atoms with Crippen LogP contribution in [0.25, 0.3) is 0 Å². The van der Waals surface area contributed by atoms with Crippen molar-refractivity contribution in [1.82, 2.24) is 15.0 Å². The van der Waals surface area contributed by atoms with Crippen molar-refractivity contribution in [1.29, 1.82) is 5.26 Å². The summed E-state index contributed by atoms with van der Waals surface area (Å²) in [5.74, 6) is 0.310. The summed E-state index contributed by atoms with van der Waals surface area (Å²) in [6, 6.07) is 2.28. The van der Waals surface area contributed by atoms with E-state index in [1.165, 1.54) is 27.1 Å². The van der Waals surface area contributed by atoms with Crippen LogP contribution in [0.4, 0.5) is 5.00 Å². The minimum absolute atomic E-state index is 0.248. The molecule has 2 aromatic rings. The Bertz CT molecular complexity index is 821. The van der Waals surface area contributed by atoms with Gasteiger partial charge in [-0.25, -0.2) is 4.68 Å². The second-order valence-electron chi connectivity index (χ2n) is 7.32. The van der Waals surface area contributed by atoms with Crippen LogP contribution in [0.5, 0.6) is 0 Å². The molecule has 1 aliphatic carbocycles. The standard InChI is InChI=1S/C17H21N5OS/c1-17(2,3)10-5-6-11-12(8-18)16(24-14(11)7-10)20-15(23)13-9-19-21-22(13)4/h9-10H,5-7H2,1-4H3,(H,20,23)/t10-/m0/s1. The summed E-state index contributed by atoms with van der Waals surface area (Å²) >= 11 is 1.53. The first kappa shape index (κ1) is 16.7. The number of hydrogen-bond acceptors (Lipinski definition) is 5. The lowest BCUT2D eigenvalue weighted by atomic mass is 9.72. The molecule has 6 nitrogen and oxygen atoms in total. The number of rotatable bonds is 2. The van der Waals surface area contributed by atoms with Crippen molar-refractivity contribution in [2.45, 2.75) is 40.0 Å². The summed E-state index contributed by atoms with van der Waals surface area (Å²) in [5, 5.41) is 20.6. The molecule has 0 saturated carbocycles. The Morgan fingerprint density at radius 2 is 2.25 bits per heavy atom. The lowest BCUT2D eigenvalue weighted by Crippen LogP contribution is -2.26. The quantitative estimate of drug-likeness (QED) is 0.908. The smallest absolute Gasteiger partial charge is 0.276 e. The number of carbonyl (C=O) groups excluding carboxylic acids is 1. The molecule has 2 aromatic heterocycles. The maximum Gasteiger partial charge on any atom is 0.276 e. The molecule has 126 valence electrons. The summed E-state index contributed by atoms with van der Waals surface area (Å²) in [6.45, 7) is 6.79. The van der Waals surface area contributed by atoms with Crippen LogP contribution in [0.1, 0.15) is 53.7 Å². The number of aryl methyl sites for hydroxylation is 1. The zero-order valence-electron chi connectivity index (χ0n) is 14.4. The summed E-state index contributed by atoms with van der Waals surface area (Å²) in [4.78, 5) is 13.6. The Kier molecular flexibility index (Phi) is 4.18. The SMILES string of the molecule is Cn1nncc1C(=O)Nc1sc2c(c1C#N)CC[C@H](C(C)(C)C)C2. The van der Waals surface area contributed by atoms with Crippen LogP contribution in [0, 0.1) is 22.7 Å². The zero-order valence-corrected chi connectivity index (χ0v) is 15.2. The molecule has 2 heterocycles. The third kappa shape index (κ3) is 2.94. The highest BCUT2D eigenvalue weighted by molar-refractivity contribution is 7.16. The first-order valence-electron chi connectivity index (χ1n) is 8.02. The van der Waals surface area contributed by atoms with Gasteiger partial charge in [0, 0.05) is 11.9 Å². The van der Waals surface area contributed by atoms with E-state index in [9.17, 15) is 10.1 Å². The Morgan fingerprint density at radius 1 is 1.50 bits per heavy atom. The Balaban J connectivity index is 1.89. The summed E-state index contributed by atoms with van der Waals surface area (Å²) in [5.41, 5.74) is 2.35. The second-order valence-corrected chi connectivity index (χ2v) is 8.43. The van der Waals surface area contributed by atoms with Gasteiger partial charge in [0.15, 0.2) is 0 Å². The number of thiophene rings is 1. The second kappa shape index (κ2) is 6.02. The number of fused-ring (bicyclic) bond motifs is 1. The van der Waals surface area contributed by atoms with Crippen molar-refractivity contribution >= 4 is 22.2 Å². The van der Waals surface area contributed by atoms with Crippen LogP contribution in [-0.4, -0.2) is 20.9 Å². The largest absolute Gasteiger partial charge is 0.311 e. The van der Waals surface area contributed by atoms with E-state index in [0.717, 1.165) is 24.8 Å². The zero-order chi connectivity index (χ0) is 17.5. The average molecular weight is 343 g/mol. The predicted octanol–water partition coefficient (Wildman–Crippen LogP) is 3.15. The van der Waals surface area contributed by atoms with Gasteiger partial charge < -0.3 is 5.32 Å².